The first-order chi connectivity index (χ1) is 7.36. The quantitative estimate of drug-likeness (QED) is 0.627. The van der Waals surface area contributed by atoms with Crippen molar-refractivity contribution in [3.05, 3.63) is 0 Å². The van der Waals surface area contributed by atoms with Gasteiger partial charge in [-0.1, -0.05) is 39.0 Å². The number of rotatable bonds is 8. The summed E-state index contributed by atoms with van der Waals surface area (Å²) in [6, 6.07) is 0. The second-order valence-corrected chi connectivity index (χ2v) is 4.96. The third-order valence-electron chi connectivity index (χ3n) is 3.53. The van der Waals surface area contributed by atoms with Gasteiger partial charge >= 0.3 is 0 Å². The molecule has 1 rings (SSSR count). The highest BCUT2D eigenvalue weighted by atomic mass is 15.1. The Hall–Kier alpha value is -0.0800. The van der Waals surface area contributed by atoms with Crippen molar-refractivity contribution in [2.45, 2.75) is 51.9 Å². The molecule has 1 fully saturated rings. The first-order valence-electron chi connectivity index (χ1n) is 6.79. The lowest BCUT2D eigenvalue weighted by atomic mass is 10.1. The van der Waals surface area contributed by atoms with Crippen LogP contribution in [-0.4, -0.2) is 31.1 Å². The van der Waals surface area contributed by atoms with Crippen LogP contribution in [0.1, 0.15) is 51.9 Å². The van der Waals surface area contributed by atoms with Gasteiger partial charge in [0.25, 0.3) is 0 Å². The van der Waals surface area contributed by atoms with Gasteiger partial charge in [0.1, 0.15) is 0 Å². The molecule has 1 aliphatic rings. The molecule has 0 aromatic rings. The van der Waals surface area contributed by atoms with E-state index < -0.39 is 0 Å². The molecule has 90 valence electrons. The molecule has 0 saturated carbocycles. The van der Waals surface area contributed by atoms with E-state index in [0.29, 0.717) is 0 Å². The molecule has 0 radical (unpaired) electrons. The molecule has 2 N–H and O–H groups in total. The Bertz CT molecular complexity index is 147. The number of hydrogen-bond donors (Lipinski definition) is 1. The highest BCUT2D eigenvalue weighted by Crippen LogP contribution is 2.15. The van der Waals surface area contributed by atoms with Gasteiger partial charge < -0.3 is 10.6 Å². The average Bonchev–Trinajstić information content (AvgIpc) is 2.71. The standard InChI is InChI=1S/C13H28N2/c1-2-3-4-5-6-7-9-15-10-8-13(11-14)12-15/h13H,2-12,14H2,1H3. The van der Waals surface area contributed by atoms with Crippen LogP contribution in [0, 0.1) is 5.92 Å². The molecule has 0 spiro atoms. The molecule has 1 aliphatic heterocycles. The second kappa shape index (κ2) is 8.12. The molecule has 2 heteroatoms. The smallest absolute Gasteiger partial charge is 0.00222 e. The molecule has 0 bridgehead atoms. The number of nitrogens with zero attached hydrogens (tertiary/aromatic N) is 1. The average molecular weight is 212 g/mol. The summed E-state index contributed by atoms with van der Waals surface area (Å²) in [6.45, 7) is 7.01. The van der Waals surface area contributed by atoms with Gasteiger partial charge in [-0.05, 0) is 38.4 Å². The molecule has 0 aliphatic carbocycles. The van der Waals surface area contributed by atoms with E-state index in [9.17, 15) is 0 Å². The van der Waals surface area contributed by atoms with E-state index in [1.54, 1.807) is 0 Å². The van der Waals surface area contributed by atoms with Gasteiger partial charge in [0.05, 0.1) is 0 Å². The summed E-state index contributed by atoms with van der Waals surface area (Å²) in [4.78, 5) is 2.59. The Kier molecular flexibility index (Phi) is 7.03. The van der Waals surface area contributed by atoms with E-state index in [0.717, 1.165) is 12.5 Å². The maximum absolute atomic E-state index is 5.68. The zero-order valence-corrected chi connectivity index (χ0v) is 10.4. The van der Waals surface area contributed by atoms with Crippen LogP contribution >= 0.6 is 0 Å². The Morgan fingerprint density at radius 3 is 2.53 bits per heavy atom. The Balaban J connectivity index is 1.88. The van der Waals surface area contributed by atoms with E-state index in [2.05, 4.69) is 11.8 Å². The summed E-state index contributed by atoms with van der Waals surface area (Å²) >= 11 is 0. The van der Waals surface area contributed by atoms with Crippen LogP contribution in [0.15, 0.2) is 0 Å². The Labute approximate surface area is 95.2 Å². The minimum atomic E-state index is 0.782. The van der Waals surface area contributed by atoms with Crippen molar-refractivity contribution in [2.75, 3.05) is 26.2 Å². The number of hydrogen-bond acceptors (Lipinski definition) is 2. The number of unbranched alkanes of at least 4 members (excludes halogenated alkanes) is 5. The molecule has 0 aromatic carbocycles. The third kappa shape index (κ3) is 5.53. The van der Waals surface area contributed by atoms with Crippen molar-refractivity contribution in [3.63, 3.8) is 0 Å². The van der Waals surface area contributed by atoms with Gasteiger partial charge in [-0.15, -0.1) is 0 Å². The van der Waals surface area contributed by atoms with Crippen molar-refractivity contribution < 1.29 is 0 Å². The Morgan fingerprint density at radius 1 is 1.13 bits per heavy atom. The molecule has 1 unspecified atom stereocenters. The van der Waals surface area contributed by atoms with E-state index in [4.69, 9.17) is 5.73 Å². The van der Waals surface area contributed by atoms with Crippen molar-refractivity contribution >= 4 is 0 Å². The summed E-state index contributed by atoms with van der Waals surface area (Å²) in [5.41, 5.74) is 5.68. The van der Waals surface area contributed by atoms with Crippen LogP contribution in [0.2, 0.25) is 0 Å². The van der Waals surface area contributed by atoms with E-state index in [1.807, 2.05) is 0 Å². The van der Waals surface area contributed by atoms with Crippen LogP contribution in [0.4, 0.5) is 0 Å². The second-order valence-electron chi connectivity index (χ2n) is 4.96. The first-order valence-corrected chi connectivity index (χ1v) is 6.79. The lowest BCUT2D eigenvalue weighted by Crippen LogP contribution is -2.24. The van der Waals surface area contributed by atoms with Crippen LogP contribution in [-0.2, 0) is 0 Å². The van der Waals surface area contributed by atoms with Crippen LogP contribution in [0.3, 0.4) is 0 Å². The third-order valence-corrected chi connectivity index (χ3v) is 3.53. The van der Waals surface area contributed by atoms with E-state index in [-0.39, 0.29) is 0 Å². The maximum atomic E-state index is 5.68. The topological polar surface area (TPSA) is 29.3 Å². The van der Waals surface area contributed by atoms with Gasteiger partial charge in [-0.25, -0.2) is 0 Å². The monoisotopic (exact) mass is 212 g/mol. The summed E-state index contributed by atoms with van der Waals surface area (Å²) < 4.78 is 0. The van der Waals surface area contributed by atoms with Crippen LogP contribution < -0.4 is 5.73 Å². The molecule has 1 saturated heterocycles. The first kappa shape index (κ1) is 13.0. The molecular formula is C13H28N2. The Morgan fingerprint density at radius 2 is 1.87 bits per heavy atom. The number of nitrogens with two attached hydrogens (primary N) is 1. The highest BCUT2D eigenvalue weighted by molar-refractivity contribution is 4.75. The predicted molar refractivity (Wildman–Crippen MR) is 67.0 cm³/mol. The molecule has 15 heavy (non-hydrogen) atoms. The molecule has 0 amide bonds. The van der Waals surface area contributed by atoms with Gasteiger partial charge in [-0.3, -0.25) is 0 Å². The van der Waals surface area contributed by atoms with Gasteiger partial charge in [0, 0.05) is 6.54 Å². The normalized spacial score (nSPS) is 22.4. The van der Waals surface area contributed by atoms with Gasteiger partial charge in [0.2, 0.25) is 0 Å². The minimum absolute atomic E-state index is 0.782. The minimum Gasteiger partial charge on any atom is -0.330 e. The van der Waals surface area contributed by atoms with E-state index >= 15 is 0 Å². The van der Waals surface area contributed by atoms with Gasteiger partial charge in [-0.2, -0.15) is 0 Å². The van der Waals surface area contributed by atoms with Gasteiger partial charge in [0.15, 0.2) is 0 Å². The van der Waals surface area contributed by atoms with Crippen molar-refractivity contribution in [3.8, 4) is 0 Å². The summed E-state index contributed by atoms with van der Waals surface area (Å²) in [5.74, 6) is 0.782. The molecule has 2 nitrogen and oxygen atoms in total. The number of likely N-dealkylation sites (tertiary alicyclic amines) is 1. The summed E-state index contributed by atoms with van der Waals surface area (Å²) in [6.07, 6.45) is 9.77. The molecule has 0 aromatic heterocycles. The lowest BCUT2D eigenvalue weighted by Gasteiger charge is -2.15. The summed E-state index contributed by atoms with van der Waals surface area (Å²) in [5, 5.41) is 0. The zero-order chi connectivity index (χ0) is 10.9. The maximum Gasteiger partial charge on any atom is 0.00222 e. The highest BCUT2D eigenvalue weighted by Gasteiger charge is 2.19. The predicted octanol–water partition coefficient (Wildman–Crippen LogP) is 2.63. The summed E-state index contributed by atoms with van der Waals surface area (Å²) in [7, 11) is 0. The van der Waals surface area contributed by atoms with Crippen molar-refractivity contribution in [1.29, 1.82) is 0 Å². The molecular weight excluding hydrogens is 184 g/mol. The van der Waals surface area contributed by atoms with Crippen LogP contribution in [0.5, 0.6) is 0 Å². The fourth-order valence-corrected chi connectivity index (χ4v) is 2.42. The molecule has 1 heterocycles. The SMILES string of the molecule is CCCCCCCCN1CCC(CN)C1. The zero-order valence-electron chi connectivity index (χ0n) is 10.4. The lowest BCUT2D eigenvalue weighted by molar-refractivity contribution is 0.315. The van der Waals surface area contributed by atoms with Crippen molar-refractivity contribution in [1.82, 2.24) is 4.90 Å². The van der Waals surface area contributed by atoms with E-state index in [1.165, 1.54) is 64.6 Å². The fourth-order valence-electron chi connectivity index (χ4n) is 2.42. The largest absolute Gasteiger partial charge is 0.330 e. The van der Waals surface area contributed by atoms with Crippen molar-refractivity contribution in [2.24, 2.45) is 11.7 Å². The fraction of sp³-hybridized carbons (Fsp3) is 1.00. The molecule has 1 atom stereocenters. The van der Waals surface area contributed by atoms with Crippen LogP contribution in [0.25, 0.3) is 0 Å².